The van der Waals surface area contributed by atoms with E-state index in [1.807, 2.05) is 6.92 Å². The second kappa shape index (κ2) is 7.88. The normalized spacial score (nSPS) is 22.3. The smallest absolute Gasteiger partial charge is 0.129 e. The average molecular weight is 304 g/mol. The molecule has 5 heteroatoms. The Kier molecular flexibility index (Phi) is 5.62. The summed E-state index contributed by atoms with van der Waals surface area (Å²) in [5.41, 5.74) is 1.13. The number of hydrogen-bond acceptors (Lipinski definition) is 5. The van der Waals surface area contributed by atoms with Crippen LogP contribution in [0.25, 0.3) is 0 Å². The highest BCUT2D eigenvalue weighted by Gasteiger charge is 2.20. The Morgan fingerprint density at radius 1 is 1.27 bits per heavy atom. The Labute approximate surface area is 133 Å². The third kappa shape index (κ3) is 4.40. The van der Waals surface area contributed by atoms with Crippen LogP contribution in [0.15, 0.2) is 6.07 Å². The lowest BCUT2D eigenvalue weighted by Gasteiger charge is -2.14. The average Bonchev–Trinajstić information content (AvgIpc) is 3.20. The van der Waals surface area contributed by atoms with Crippen molar-refractivity contribution in [2.24, 2.45) is 0 Å². The molecule has 3 rings (SSSR count). The number of rotatable bonds is 7. The number of anilines is 1. The lowest BCUT2D eigenvalue weighted by Crippen LogP contribution is -2.21. The third-order valence-electron chi connectivity index (χ3n) is 4.61. The zero-order valence-corrected chi connectivity index (χ0v) is 13.7. The second-order valence-corrected chi connectivity index (χ2v) is 6.47. The van der Waals surface area contributed by atoms with Crippen LogP contribution in [0.1, 0.15) is 49.5 Å². The van der Waals surface area contributed by atoms with E-state index in [9.17, 15) is 0 Å². The van der Waals surface area contributed by atoms with Crippen LogP contribution in [0.5, 0.6) is 0 Å². The highest BCUT2D eigenvalue weighted by Crippen LogP contribution is 2.25. The fourth-order valence-electron chi connectivity index (χ4n) is 3.34. The van der Waals surface area contributed by atoms with Crippen molar-refractivity contribution in [2.45, 2.75) is 44.9 Å². The van der Waals surface area contributed by atoms with E-state index in [0.29, 0.717) is 5.92 Å². The molecule has 1 N–H and O–H groups in total. The van der Waals surface area contributed by atoms with Gasteiger partial charge in [-0.25, -0.2) is 9.97 Å². The molecule has 2 aliphatic heterocycles. The molecule has 0 bridgehead atoms. The summed E-state index contributed by atoms with van der Waals surface area (Å²) in [6, 6.07) is 2.10. The Hall–Kier alpha value is -1.20. The fraction of sp³-hybridized carbons (Fsp3) is 0.765. The number of nitrogens with one attached hydrogen (secondary N) is 1. The van der Waals surface area contributed by atoms with Gasteiger partial charge in [-0.3, -0.25) is 0 Å². The Bertz CT molecular complexity index is 468. The fourth-order valence-corrected chi connectivity index (χ4v) is 3.34. The van der Waals surface area contributed by atoms with Crippen molar-refractivity contribution in [2.75, 3.05) is 44.7 Å². The van der Waals surface area contributed by atoms with E-state index in [4.69, 9.17) is 4.74 Å². The minimum Gasteiger partial charge on any atom is -0.381 e. The molecule has 22 heavy (non-hydrogen) atoms. The second-order valence-electron chi connectivity index (χ2n) is 6.47. The largest absolute Gasteiger partial charge is 0.381 e. The van der Waals surface area contributed by atoms with Crippen LogP contribution in [0.2, 0.25) is 0 Å². The van der Waals surface area contributed by atoms with Crippen molar-refractivity contribution in [1.82, 2.24) is 14.9 Å². The maximum atomic E-state index is 5.47. The molecule has 1 aromatic rings. The van der Waals surface area contributed by atoms with Gasteiger partial charge in [-0.05, 0) is 58.7 Å². The topological polar surface area (TPSA) is 50.3 Å². The Balaban J connectivity index is 1.43. The van der Waals surface area contributed by atoms with Gasteiger partial charge in [-0.1, -0.05) is 0 Å². The molecule has 122 valence electrons. The number of aromatic nitrogens is 2. The van der Waals surface area contributed by atoms with Crippen molar-refractivity contribution < 1.29 is 4.74 Å². The predicted octanol–water partition coefficient (Wildman–Crippen LogP) is 2.58. The predicted molar refractivity (Wildman–Crippen MR) is 88.3 cm³/mol. The molecule has 0 amide bonds. The molecule has 0 aromatic carbocycles. The summed E-state index contributed by atoms with van der Waals surface area (Å²) < 4.78 is 5.47. The number of ether oxygens (including phenoxy) is 1. The Morgan fingerprint density at radius 3 is 2.91 bits per heavy atom. The minimum absolute atomic E-state index is 0.442. The zero-order valence-electron chi connectivity index (χ0n) is 13.7. The molecule has 2 aliphatic rings. The minimum atomic E-state index is 0.442. The van der Waals surface area contributed by atoms with Crippen molar-refractivity contribution in [1.29, 1.82) is 0 Å². The molecule has 0 saturated carbocycles. The van der Waals surface area contributed by atoms with Gasteiger partial charge in [0.2, 0.25) is 0 Å². The first-order valence-corrected chi connectivity index (χ1v) is 8.71. The first-order valence-electron chi connectivity index (χ1n) is 8.71. The number of aryl methyl sites for hydroxylation is 1. The first-order chi connectivity index (χ1) is 10.8. The monoisotopic (exact) mass is 304 g/mol. The number of likely N-dealkylation sites (tertiary alicyclic amines) is 1. The first kappa shape index (κ1) is 15.7. The standard InChI is InChI=1S/C17H28N4O/c1-14-19-16(15-6-11-22-13-15)12-17(20-14)18-7-2-3-8-21-9-4-5-10-21/h12,15H,2-11,13H2,1H3,(H,18,19,20)/t15-/m1/s1. The highest BCUT2D eigenvalue weighted by molar-refractivity contribution is 5.37. The molecule has 0 aliphatic carbocycles. The summed E-state index contributed by atoms with van der Waals surface area (Å²) in [5.74, 6) is 2.26. The van der Waals surface area contributed by atoms with Crippen LogP contribution < -0.4 is 5.32 Å². The molecule has 2 saturated heterocycles. The molecule has 1 atom stereocenters. The van der Waals surface area contributed by atoms with Gasteiger partial charge < -0.3 is 15.0 Å². The molecule has 0 radical (unpaired) electrons. The van der Waals surface area contributed by atoms with E-state index in [2.05, 4.69) is 26.3 Å². The van der Waals surface area contributed by atoms with Crippen molar-refractivity contribution >= 4 is 5.82 Å². The summed E-state index contributed by atoms with van der Waals surface area (Å²) in [7, 11) is 0. The lowest BCUT2D eigenvalue weighted by atomic mass is 10.0. The summed E-state index contributed by atoms with van der Waals surface area (Å²) in [5, 5.41) is 3.46. The summed E-state index contributed by atoms with van der Waals surface area (Å²) in [6.45, 7) is 8.45. The summed E-state index contributed by atoms with van der Waals surface area (Å²) in [6.07, 6.45) is 6.30. The number of unbranched alkanes of at least 4 members (excludes halogenated alkanes) is 1. The van der Waals surface area contributed by atoms with Gasteiger partial charge in [0.15, 0.2) is 0 Å². The summed E-state index contributed by atoms with van der Waals surface area (Å²) >= 11 is 0. The number of hydrogen-bond donors (Lipinski definition) is 1. The maximum absolute atomic E-state index is 5.47. The molecule has 0 spiro atoms. The van der Waals surface area contributed by atoms with E-state index in [-0.39, 0.29) is 0 Å². The van der Waals surface area contributed by atoms with Crippen molar-refractivity contribution in [3.63, 3.8) is 0 Å². The number of nitrogens with zero attached hydrogens (tertiary/aromatic N) is 3. The van der Waals surface area contributed by atoms with Crippen LogP contribution in [0.3, 0.4) is 0 Å². The van der Waals surface area contributed by atoms with E-state index in [1.165, 1.54) is 45.3 Å². The maximum Gasteiger partial charge on any atom is 0.129 e. The van der Waals surface area contributed by atoms with E-state index >= 15 is 0 Å². The van der Waals surface area contributed by atoms with Gasteiger partial charge in [0.25, 0.3) is 0 Å². The molecule has 1 aromatic heterocycles. The van der Waals surface area contributed by atoms with Gasteiger partial charge in [-0.15, -0.1) is 0 Å². The van der Waals surface area contributed by atoms with Gasteiger partial charge in [0.05, 0.1) is 12.3 Å². The van der Waals surface area contributed by atoms with E-state index in [1.54, 1.807) is 0 Å². The highest BCUT2D eigenvalue weighted by atomic mass is 16.5. The third-order valence-corrected chi connectivity index (χ3v) is 4.61. The van der Waals surface area contributed by atoms with Crippen LogP contribution in [-0.2, 0) is 4.74 Å². The molecule has 2 fully saturated rings. The quantitative estimate of drug-likeness (QED) is 0.785. The molecule has 3 heterocycles. The summed E-state index contributed by atoms with van der Waals surface area (Å²) in [4.78, 5) is 11.7. The molecule has 0 unspecified atom stereocenters. The van der Waals surface area contributed by atoms with Gasteiger partial charge in [0, 0.05) is 25.1 Å². The van der Waals surface area contributed by atoms with Crippen LogP contribution in [-0.4, -0.2) is 54.3 Å². The van der Waals surface area contributed by atoms with Crippen LogP contribution >= 0.6 is 0 Å². The van der Waals surface area contributed by atoms with Gasteiger partial charge in [0.1, 0.15) is 11.6 Å². The van der Waals surface area contributed by atoms with E-state index < -0.39 is 0 Å². The molecular weight excluding hydrogens is 276 g/mol. The SMILES string of the molecule is Cc1nc(NCCCCN2CCCC2)cc([C@@H]2CCOC2)n1. The Morgan fingerprint density at radius 2 is 2.14 bits per heavy atom. The van der Waals surface area contributed by atoms with E-state index in [0.717, 1.165) is 43.5 Å². The molecular formula is C17H28N4O. The van der Waals surface area contributed by atoms with Gasteiger partial charge >= 0.3 is 0 Å². The van der Waals surface area contributed by atoms with Crippen molar-refractivity contribution in [3.8, 4) is 0 Å². The van der Waals surface area contributed by atoms with Crippen LogP contribution in [0, 0.1) is 6.92 Å². The van der Waals surface area contributed by atoms with Gasteiger partial charge in [-0.2, -0.15) is 0 Å². The lowest BCUT2D eigenvalue weighted by molar-refractivity contribution is 0.193. The molecule has 5 nitrogen and oxygen atoms in total. The van der Waals surface area contributed by atoms with Crippen LogP contribution in [0.4, 0.5) is 5.82 Å². The zero-order chi connectivity index (χ0) is 15.2. The van der Waals surface area contributed by atoms with Crippen molar-refractivity contribution in [3.05, 3.63) is 17.6 Å².